The van der Waals surface area contributed by atoms with E-state index in [1.807, 2.05) is 11.4 Å². The van der Waals surface area contributed by atoms with Crippen LogP contribution in [0.1, 0.15) is 5.56 Å². The van der Waals surface area contributed by atoms with Gasteiger partial charge in [-0.15, -0.1) is 11.3 Å². The Morgan fingerprint density at radius 1 is 1.27 bits per heavy atom. The lowest BCUT2D eigenvalue weighted by Gasteiger charge is -2.04. The Morgan fingerprint density at radius 3 is 2.73 bits per heavy atom. The van der Waals surface area contributed by atoms with Crippen LogP contribution in [-0.2, 0) is 4.79 Å². The van der Waals surface area contributed by atoms with Crippen LogP contribution in [0, 0.1) is 5.82 Å². The highest BCUT2D eigenvalue weighted by Gasteiger charge is 2.09. The molecule has 0 fully saturated rings. The fourth-order valence-corrected chi connectivity index (χ4v) is 3.16. The summed E-state index contributed by atoms with van der Waals surface area (Å²) in [6, 6.07) is 11.2. The Labute approximate surface area is 158 Å². The van der Waals surface area contributed by atoms with Crippen molar-refractivity contribution in [3.8, 4) is 17.0 Å². The highest BCUT2D eigenvalue weighted by Crippen LogP contribution is 2.31. The fourth-order valence-electron chi connectivity index (χ4n) is 2.18. The summed E-state index contributed by atoms with van der Waals surface area (Å²) >= 11 is 7.44. The van der Waals surface area contributed by atoms with Gasteiger partial charge in [-0.25, -0.2) is 9.37 Å². The number of aromatic nitrogens is 1. The number of methoxy groups -OCH3 is 1. The zero-order valence-electron chi connectivity index (χ0n) is 13.7. The molecule has 1 N–H and O–H groups in total. The van der Waals surface area contributed by atoms with E-state index in [-0.39, 0.29) is 11.7 Å². The van der Waals surface area contributed by atoms with Gasteiger partial charge in [0.2, 0.25) is 5.91 Å². The van der Waals surface area contributed by atoms with E-state index in [1.165, 1.54) is 29.5 Å². The zero-order chi connectivity index (χ0) is 18.5. The second kappa shape index (κ2) is 8.12. The largest absolute Gasteiger partial charge is 0.495 e. The lowest BCUT2D eigenvalue weighted by Crippen LogP contribution is -2.07. The third-order valence-corrected chi connectivity index (χ3v) is 4.53. The summed E-state index contributed by atoms with van der Waals surface area (Å²) in [6.07, 6.45) is 2.98. The predicted octanol–water partition coefficient (Wildman–Crippen LogP) is 5.26. The molecule has 1 aromatic heterocycles. The summed E-state index contributed by atoms with van der Waals surface area (Å²) in [5.74, 6) is -0.0476. The van der Waals surface area contributed by atoms with Gasteiger partial charge in [0.25, 0.3) is 0 Å². The summed E-state index contributed by atoms with van der Waals surface area (Å²) in [4.78, 5) is 16.4. The van der Waals surface area contributed by atoms with Gasteiger partial charge in [0.15, 0.2) is 5.13 Å². The average molecular weight is 389 g/mol. The van der Waals surface area contributed by atoms with Gasteiger partial charge in [-0.1, -0.05) is 23.7 Å². The monoisotopic (exact) mass is 388 g/mol. The van der Waals surface area contributed by atoms with Crippen LogP contribution in [0.25, 0.3) is 17.3 Å². The smallest absolute Gasteiger partial charge is 0.250 e. The van der Waals surface area contributed by atoms with Gasteiger partial charge >= 0.3 is 0 Å². The summed E-state index contributed by atoms with van der Waals surface area (Å²) in [7, 11) is 1.55. The number of hydrogen-bond acceptors (Lipinski definition) is 4. The van der Waals surface area contributed by atoms with Crippen molar-refractivity contribution in [2.75, 3.05) is 12.4 Å². The molecule has 7 heteroatoms. The van der Waals surface area contributed by atoms with Crippen molar-refractivity contribution in [2.45, 2.75) is 0 Å². The quantitative estimate of drug-likeness (QED) is 0.606. The van der Waals surface area contributed by atoms with Gasteiger partial charge in [0, 0.05) is 17.0 Å². The molecule has 0 atom stereocenters. The number of rotatable bonds is 5. The minimum absolute atomic E-state index is 0.317. The molecule has 0 radical (unpaired) electrons. The number of amides is 1. The summed E-state index contributed by atoms with van der Waals surface area (Å²) in [6.45, 7) is 0. The van der Waals surface area contributed by atoms with Crippen LogP contribution in [-0.4, -0.2) is 18.0 Å². The minimum atomic E-state index is -0.319. The molecule has 0 aliphatic heterocycles. The Balaban J connectivity index is 1.67. The topological polar surface area (TPSA) is 51.2 Å². The van der Waals surface area contributed by atoms with Crippen molar-refractivity contribution in [3.63, 3.8) is 0 Å². The summed E-state index contributed by atoms with van der Waals surface area (Å²) in [5, 5.41) is 5.50. The van der Waals surface area contributed by atoms with Crippen LogP contribution in [0.4, 0.5) is 9.52 Å². The van der Waals surface area contributed by atoms with Crippen molar-refractivity contribution in [2.24, 2.45) is 0 Å². The molecule has 1 heterocycles. The number of carbonyl (C=O) groups excluding carboxylic acids is 1. The van der Waals surface area contributed by atoms with Crippen molar-refractivity contribution in [1.82, 2.24) is 4.98 Å². The van der Waals surface area contributed by atoms with Crippen molar-refractivity contribution in [1.29, 1.82) is 0 Å². The minimum Gasteiger partial charge on any atom is -0.495 e. The molecule has 0 unspecified atom stereocenters. The van der Waals surface area contributed by atoms with E-state index in [4.69, 9.17) is 16.3 Å². The van der Waals surface area contributed by atoms with Crippen LogP contribution in [0.15, 0.2) is 53.9 Å². The molecular formula is C19H14ClFN2O2S. The first-order valence-corrected chi connectivity index (χ1v) is 8.85. The molecule has 3 aromatic rings. The number of nitrogens with one attached hydrogen (secondary N) is 1. The zero-order valence-corrected chi connectivity index (χ0v) is 15.3. The van der Waals surface area contributed by atoms with E-state index in [9.17, 15) is 9.18 Å². The van der Waals surface area contributed by atoms with Gasteiger partial charge in [-0.2, -0.15) is 0 Å². The van der Waals surface area contributed by atoms with E-state index < -0.39 is 0 Å². The first-order chi connectivity index (χ1) is 12.5. The standard InChI is InChI=1S/C19H14ClFN2O2S/c1-25-17-8-5-13(10-15(17)20)16-11-26-19(22-16)23-18(24)9-4-12-2-6-14(21)7-3-12/h2-11H,1H3,(H,22,23,24)/b9-4+. The predicted molar refractivity (Wildman–Crippen MR) is 103 cm³/mol. The van der Waals surface area contributed by atoms with E-state index >= 15 is 0 Å². The van der Waals surface area contributed by atoms with E-state index in [0.717, 1.165) is 11.1 Å². The number of nitrogens with zero attached hydrogens (tertiary/aromatic N) is 1. The number of ether oxygens (including phenoxy) is 1. The van der Waals surface area contributed by atoms with Gasteiger partial charge in [0.05, 0.1) is 17.8 Å². The van der Waals surface area contributed by atoms with Crippen molar-refractivity contribution >= 4 is 40.1 Å². The van der Waals surface area contributed by atoms with Crippen LogP contribution in [0.2, 0.25) is 5.02 Å². The highest BCUT2D eigenvalue weighted by atomic mass is 35.5. The molecule has 0 aliphatic rings. The van der Waals surface area contributed by atoms with Gasteiger partial charge < -0.3 is 4.74 Å². The number of anilines is 1. The molecule has 1 amide bonds. The Hall–Kier alpha value is -2.70. The molecule has 4 nitrogen and oxygen atoms in total. The third kappa shape index (κ3) is 4.47. The number of benzene rings is 2. The number of carbonyl (C=O) groups is 1. The maximum atomic E-state index is 12.9. The Kier molecular flexibility index (Phi) is 5.65. The van der Waals surface area contributed by atoms with Crippen molar-refractivity contribution < 1.29 is 13.9 Å². The molecule has 0 saturated carbocycles. The molecular weight excluding hydrogens is 375 g/mol. The third-order valence-electron chi connectivity index (χ3n) is 3.48. The Morgan fingerprint density at radius 2 is 2.04 bits per heavy atom. The van der Waals surface area contributed by atoms with E-state index in [2.05, 4.69) is 10.3 Å². The molecule has 0 bridgehead atoms. The average Bonchev–Trinajstić information content (AvgIpc) is 3.09. The number of hydrogen-bond donors (Lipinski definition) is 1. The van der Waals surface area contributed by atoms with Gasteiger partial charge in [-0.3, -0.25) is 10.1 Å². The van der Waals surface area contributed by atoms with Gasteiger partial charge in [0.1, 0.15) is 11.6 Å². The second-order valence-electron chi connectivity index (χ2n) is 5.26. The van der Waals surface area contributed by atoms with Crippen LogP contribution >= 0.6 is 22.9 Å². The molecule has 132 valence electrons. The highest BCUT2D eigenvalue weighted by molar-refractivity contribution is 7.14. The SMILES string of the molecule is COc1ccc(-c2csc(NC(=O)/C=C/c3ccc(F)cc3)n2)cc1Cl. The Bertz CT molecular complexity index is 954. The maximum absolute atomic E-state index is 12.9. The second-order valence-corrected chi connectivity index (χ2v) is 6.53. The lowest BCUT2D eigenvalue weighted by molar-refractivity contribution is -0.111. The number of halogens is 2. The molecule has 0 spiro atoms. The van der Waals surface area contributed by atoms with Crippen LogP contribution in [0.3, 0.4) is 0 Å². The molecule has 0 saturated heterocycles. The first kappa shape index (κ1) is 18.1. The fraction of sp³-hybridized carbons (Fsp3) is 0.0526. The van der Waals surface area contributed by atoms with E-state index in [1.54, 1.807) is 37.5 Å². The van der Waals surface area contributed by atoms with E-state index in [0.29, 0.717) is 21.6 Å². The molecule has 26 heavy (non-hydrogen) atoms. The molecule has 3 rings (SSSR count). The first-order valence-electron chi connectivity index (χ1n) is 7.59. The van der Waals surface area contributed by atoms with Crippen LogP contribution < -0.4 is 10.1 Å². The van der Waals surface area contributed by atoms with Crippen LogP contribution in [0.5, 0.6) is 5.75 Å². The number of thiazole rings is 1. The molecule has 2 aromatic carbocycles. The maximum Gasteiger partial charge on any atom is 0.250 e. The van der Waals surface area contributed by atoms with Crippen molar-refractivity contribution in [3.05, 3.63) is 70.3 Å². The summed E-state index contributed by atoms with van der Waals surface area (Å²) < 4.78 is 18.0. The van der Waals surface area contributed by atoms with Gasteiger partial charge in [-0.05, 0) is 42.0 Å². The molecule has 0 aliphatic carbocycles. The lowest BCUT2D eigenvalue weighted by atomic mass is 10.2. The normalized spacial score (nSPS) is 10.9. The summed E-state index contributed by atoms with van der Waals surface area (Å²) in [5.41, 5.74) is 2.26.